The first-order chi connectivity index (χ1) is 13.2. The van der Waals surface area contributed by atoms with Gasteiger partial charge in [0, 0.05) is 30.1 Å². The average Bonchev–Trinajstić information content (AvgIpc) is 3.23. The molecule has 0 spiro atoms. The topological polar surface area (TPSA) is 32.3 Å². The van der Waals surface area contributed by atoms with Gasteiger partial charge in [0.05, 0.1) is 6.04 Å². The molecule has 1 N–H and O–H groups in total. The Balaban J connectivity index is 1.51. The predicted molar refractivity (Wildman–Crippen MR) is 111 cm³/mol. The Kier molecular flexibility index (Phi) is 5.37. The molecular formula is C23H24N2OS. The number of nitrogens with one attached hydrogen (secondary N) is 1. The molecule has 4 rings (SSSR count). The van der Waals surface area contributed by atoms with Crippen molar-refractivity contribution in [1.29, 1.82) is 0 Å². The lowest BCUT2D eigenvalue weighted by Gasteiger charge is -2.35. The smallest absolute Gasteiger partial charge is 0.251 e. The van der Waals surface area contributed by atoms with Crippen LogP contribution in [0.5, 0.6) is 0 Å². The van der Waals surface area contributed by atoms with Gasteiger partial charge in [0.15, 0.2) is 0 Å². The molecule has 1 aliphatic rings. The van der Waals surface area contributed by atoms with E-state index in [1.54, 1.807) is 11.3 Å². The zero-order valence-electron chi connectivity index (χ0n) is 15.5. The lowest BCUT2D eigenvalue weighted by atomic mass is 9.98. The molecular weight excluding hydrogens is 352 g/mol. The molecule has 0 radical (unpaired) electrons. The van der Waals surface area contributed by atoms with E-state index in [4.69, 9.17) is 0 Å². The molecule has 0 saturated carbocycles. The van der Waals surface area contributed by atoms with Crippen LogP contribution in [0, 0.1) is 6.92 Å². The van der Waals surface area contributed by atoms with Crippen molar-refractivity contribution >= 4 is 17.2 Å². The van der Waals surface area contributed by atoms with Crippen molar-refractivity contribution < 1.29 is 4.79 Å². The number of amides is 1. The molecule has 0 unspecified atom stereocenters. The fourth-order valence-electron chi connectivity index (χ4n) is 3.79. The molecule has 3 nitrogen and oxygen atoms in total. The van der Waals surface area contributed by atoms with Crippen molar-refractivity contribution in [3.63, 3.8) is 0 Å². The number of carbonyl (C=O) groups is 1. The van der Waals surface area contributed by atoms with Gasteiger partial charge in [-0.25, -0.2) is 0 Å². The summed E-state index contributed by atoms with van der Waals surface area (Å²) in [6.07, 6.45) is 1.06. The van der Waals surface area contributed by atoms with Gasteiger partial charge in [-0.3, -0.25) is 9.69 Å². The number of benzene rings is 2. The number of nitrogens with zero attached hydrogens (tertiary/aromatic N) is 1. The van der Waals surface area contributed by atoms with E-state index in [1.807, 2.05) is 31.2 Å². The Hall–Kier alpha value is -2.43. The maximum atomic E-state index is 12.7. The second kappa shape index (κ2) is 8.07. The minimum absolute atomic E-state index is 0.00654. The minimum atomic E-state index is 0.00654. The zero-order chi connectivity index (χ0) is 18.6. The summed E-state index contributed by atoms with van der Waals surface area (Å²) in [6.45, 7) is 4.54. The molecule has 1 aliphatic heterocycles. The summed E-state index contributed by atoms with van der Waals surface area (Å²) in [5.74, 6) is 0.00654. The molecule has 0 saturated heterocycles. The van der Waals surface area contributed by atoms with Gasteiger partial charge >= 0.3 is 0 Å². The van der Waals surface area contributed by atoms with E-state index in [1.165, 1.54) is 16.0 Å². The Morgan fingerprint density at radius 2 is 1.85 bits per heavy atom. The zero-order valence-corrected chi connectivity index (χ0v) is 16.3. The highest BCUT2D eigenvalue weighted by Crippen LogP contribution is 2.30. The summed E-state index contributed by atoms with van der Waals surface area (Å²) >= 11 is 1.76. The van der Waals surface area contributed by atoms with Gasteiger partial charge in [-0.2, -0.15) is 0 Å². The van der Waals surface area contributed by atoms with Crippen molar-refractivity contribution in [2.75, 3.05) is 13.1 Å². The van der Waals surface area contributed by atoms with Crippen LogP contribution < -0.4 is 5.32 Å². The predicted octanol–water partition coefficient (Wildman–Crippen LogP) is 4.59. The van der Waals surface area contributed by atoms with Crippen molar-refractivity contribution in [1.82, 2.24) is 10.2 Å². The van der Waals surface area contributed by atoms with Gasteiger partial charge in [0.1, 0.15) is 0 Å². The molecule has 1 aromatic heterocycles. The quantitative estimate of drug-likeness (QED) is 0.707. The second-order valence-corrected chi connectivity index (χ2v) is 8.02. The monoisotopic (exact) mass is 376 g/mol. The largest absolute Gasteiger partial charge is 0.350 e. The van der Waals surface area contributed by atoms with Gasteiger partial charge in [-0.1, -0.05) is 48.5 Å². The molecule has 1 atom stereocenters. The molecule has 138 valence electrons. The highest BCUT2D eigenvalue weighted by Gasteiger charge is 2.26. The lowest BCUT2D eigenvalue weighted by molar-refractivity contribution is 0.0928. The van der Waals surface area contributed by atoms with Crippen LogP contribution in [-0.4, -0.2) is 23.9 Å². The van der Waals surface area contributed by atoms with E-state index in [2.05, 4.69) is 52.0 Å². The van der Waals surface area contributed by atoms with E-state index < -0.39 is 0 Å². The van der Waals surface area contributed by atoms with Gasteiger partial charge in [-0.15, -0.1) is 11.3 Å². The van der Waals surface area contributed by atoms with Crippen molar-refractivity contribution in [2.24, 2.45) is 0 Å². The van der Waals surface area contributed by atoms with E-state index in [-0.39, 0.29) is 11.9 Å². The van der Waals surface area contributed by atoms with E-state index in [9.17, 15) is 4.79 Å². The molecule has 2 aromatic carbocycles. The van der Waals surface area contributed by atoms with Gasteiger partial charge in [0.2, 0.25) is 0 Å². The third kappa shape index (κ3) is 3.97. The molecule has 0 fully saturated rings. The van der Waals surface area contributed by atoms with Crippen LogP contribution >= 0.6 is 11.3 Å². The fraction of sp³-hybridized carbons (Fsp3) is 0.261. The molecule has 2 heterocycles. The first-order valence-corrected chi connectivity index (χ1v) is 10.3. The molecule has 1 amide bonds. The summed E-state index contributed by atoms with van der Waals surface area (Å²) in [4.78, 5) is 16.5. The van der Waals surface area contributed by atoms with Crippen molar-refractivity contribution in [3.05, 3.63) is 93.2 Å². The van der Waals surface area contributed by atoms with E-state index >= 15 is 0 Å². The third-order valence-corrected chi connectivity index (χ3v) is 6.29. The first kappa shape index (κ1) is 18.0. The standard InChI is InChI=1S/C23H24N2OS/c1-17-7-2-5-10-20(17)23(26)24-15-21(22-11-6-14-27-22)25-13-12-18-8-3-4-9-19(18)16-25/h2-11,14,21H,12-13,15-16H2,1H3,(H,24,26)/t21-/m0/s1. The third-order valence-electron chi connectivity index (χ3n) is 5.32. The van der Waals surface area contributed by atoms with Crippen LogP contribution in [0.4, 0.5) is 0 Å². The SMILES string of the molecule is Cc1ccccc1C(=O)NC[C@@H](c1cccs1)N1CCc2ccccc2C1. The molecule has 0 bridgehead atoms. The number of fused-ring (bicyclic) bond motifs is 1. The summed E-state index contributed by atoms with van der Waals surface area (Å²) in [5, 5.41) is 5.29. The molecule has 0 aliphatic carbocycles. The van der Waals surface area contributed by atoms with Crippen molar-refractivity contribution in [2.45, 2.75) is 25.9 Å². The minimum Gasteiger partial charge on any atom is -0.350 e. The van der Waals surface area contributed by atoms with Gasteiger partial charge in [0.25, 0.3) is 5.91 Å². The van der Waals surface area contributed by atoms with E-state index in [0.717, 1.165) is 30.6 Å². The van der Waals surface area contributed by atoms with Crippen LogP contribution in [0.1, 0.15) is 38.0 Å². The number of hydrogen-bond donors (Lipinski definition) is 1. The number of rotatable bonds is 5. The van der Waals surface area contributed by atoms with Gasteiger partial charge in [-0.05, 0) is 47.5 Å². The van der Waals surface area contributed by atoms with Crippen LogP contribution in [0.2, 0.25) is 0 Å². The highest BCUT2D eigenvalue weighted by molar-refractivity contribution is 7.10. The number of thiophene rings is 1. The fourth-order valence-corrected chi connectivity index (χ4v) is 4.65. The van der Waals surface area contributed by atoms with Crippen LogP contribution in [0.3, 0.4) is 0 Å². The summed E-state index contributed by atoms with van der Waals surface area (Å²) in [6, 6.07) is 20.9. The van der Waals surface area contributed by atoms with Crippen LogP contribution in [-0.2, 0) is 13.0 Å². The molecule has 27 heavy (non-hydrogen) atoms. The highest BCUT2D eigenvalue weighted by atomic mass is 32.1. The normalized spacial score (nSPS) is 15.1. The summed E-state index contributed by atoms with van der Waals surface area (Å²) in [7, 11) is 0. The lowest BCUT2D eigenvalue weighted by Crippen LogP contribution is -2.40. The first-order valence-electron chi connectivity index (χ1n) is 9.40. The average molecular weight is 377 g/mol. The Bertz CT molecular complexity index is 920. The Labute approximate surface area is 164 Å². The summed E-state index contributed by atoms with van der Waals surface area (Å²) < 4.78 is 0. The van der Waals surface area contributed by atoms with Crippen LogP contribution in [0.25, 0.3) is 0 Å². The summed E-state index contributed by atoms with van der Waals surface area (Å²) in [5.41, 5.74) is 4.61. The number of hydrogen-bond acceptors (Lipinski definition) is 3. The molecule has 3 aromatic rings. The van der Waals surface area contributed by atoms with Crippen LogP contribution in [0.15, 0.2) is 66.0 Å². The van der Waals surface area contributed by atoms with Gasteiger partial charge < -0.3 is 5.32 Å². The second-order valence-electron chi connectivity index (χ2n) is 7.05. The number of aryl methyl sites for hydroxylation is 1. The Morgan fingerprint density at radius 1 is 1.07 bits per heavy atom. The van der Waals surface area contributed by atoms with Crippen molar-refractivity contribution in [3.8, 4) is 0 Å². The maximum absolute atomic E-state index is 12.7. The Morgan fingerprint density at radius 3 is 2.63 bits per heavy atom. The maximum Gasteiger partial charge on any atom is 0.251 e. The molecule has 4 heteroatoms. The van der Waals surface area contributed by atoms with E-state index in [0.29, 0.717) is 6.54 Å². The number of carbonyl (C=O) groups excluding carboxylic acids is 1.